The Morgan fingerprint density at radius 2 is 1.90 bits per heavy atom. The maximum Gasteiger partial charge on any atom is 0.251 e. The number of benzene rings is 1. The number of nitrogens with one attached hydrogen (secondary N) is 1. The molecule has 0 unspecified atom stereocenters. The van der Waals surface area contributed by atoms with Gasteiger partial charge in [0.25, 0.3) is 5.91 Å². The number of carbonyl (C=O) groups excluding carboxylic acids is 1. The Bertz CT molecular complexity index is 583. The molecule has 0 fully saturated rings. The van der Waals surface area contributed by atoms with Crippen molar-refractivity contribution in [2.75, 3.05) is 6.54 Å². The first-order chi connectivity index (χ1) is 9.27. The number of primary sulfonamides is 1. The SMILES string of the molecule is CCC(CC)CNC(=O)c1cc(F)cc(S(N)(=O)=O)c1. The van der Waals surface area contributed by atoms with Crippen LogP contribution in [0.3, 0.4) is 0 Å². The van der Waals surface area contributed by atoms with E-state index >= 15 is 0 Å². The summed E-state index contributed by atoms with van der Waals surface area (Å²) >= 11 is 0. The monoisotopic (exact) mass is 302 g/mol. The predicted octanol–water partition coefficient (Wildman–Crippen LogP) is 1.64. The van der Waals surface area contributed by atoms with Gasteiger partial charge < -0.3 is 5.32 Å². The van der Waals surface area contributed by atoms with E-state index in [1.165, 1.54) is 0 Å². The van der Waals surface area contributed by atoms with E-state index in [2.05, 4.69) is 5.32 Å². The lowest BCUT2D eigenvalue weighted by molar-refractivity contribution is 0.0945. The van der Waals surface area contributed by atoms with Gasteiger partial charge in [0.15, 0.2) is 0 Å². The minimum absolute atomic E-state index is 0.0556. The Morgan fingerprint density at radius 3 is 2.40 bits per heavy atom. The van der Waals surface area contributed by atoms with E-state index in [-0.39, 0.29) is 5.56 Å². The molecule has 0 bridgehead atoms. The third-order valence-electron chi connectivity index (χ3n) is 3.17. The average Bonchev–Trinajstić information content (AvgIpc) is 2.38. The van der Waals surface area contributed by atoms with E-state index in [0.29, 0.717) is 12.5 Å². The molecule has 0 aliphatic rings. The van der Waals surface area contributed by atoms with E-state index in [1.54, 1.807) is 0 Å². The quantitative estimate of drug-likeness (QED) is 0.837. The average molecular weight is 302 g/mol. The minimum atomic E-state index is -4.04. The summed E-state index contributed by atoms with van der Waals surface area (Å²) < 4.78 is 35.7. The van der Waals surface area contributed by atoms with Gasteiger partial charge in [-0.05, 0) is 24.1 Å². The van der Waals surface area contributed by atoms with Crippen molar-refractivity contribution in [3.05, 3.63) is 29.6 Å². The van der Waals surface area contributed by atoms with Gasteiger partial charge in [-0.3, -0.25) is 4.79 Å². The topological polar surface area (TPSA) is 89.3 Å². The van der Waals surface area contributed by atoms with Gasteiger partial charge in [0.05, 0.1) is 4.90 Å². The second-order valence-electron chi connectivity index (χ2n) is 4.61. The zero-order valence-corrected chi connectivity index (χ0v) is 12.3. The number of halogens is 1. The van der Waals surface area contributed by atoms with E-state index in [1.807, 2.05) is 13.8 Å². The van der Waals surface area contributed by atoms with Gasteiger partial charge in [-0.25, -0.2) is 17.9 Å². The summed E-state index contributed by atoms with van der Waals surface area (Å²) in [5.41, 5.74) is -0.0556. The van der Waals surface area contributed by atoms with Gasteiger partial charge in [0.2, 0.25) is 10.0 Å². The highest BCUT2D eigenvalue weighted by Crippen LogP contribution is 2.13. The maximum atomic E-state index is 13.3. The highest BCUT2D eigenvalue weighted by atomic mass is 32.2. The van der Waals surface area contributed by atoms with Crippen molar-refractivity contribution in [1.82, 2.24) is 5.32 Å². The normalized spacial score (nSPS) is 11.7. The van der Waals surface area contributed by atoms with Gasteiger partial charge in [-0.15, -0.1) is 0 Å². The molecule has 0 aromatic heterocycles. The van der Waals surface area contributed by atoms with Gasteiger partial charge in [-0.1, -0.05) is 26.7 Å². The summed E-state index contributed by atoms with van der Waals surface area (Å²) in [6.07, 6.45) is 1.84. The largest absolute Gasteiger partial charge is 0.352 e. The molecule has 0 saturated heterocycles. The molecule has 3 N–H and O–H groups in total. The number of sulfonamides is 1. The fourth-order valence-corrected chi connectivity index (χ4v) is 2.34. The Labute approximate surface area is 118 Å². The second-order valence-corrected chi connectivity index (χ2v) is 6.17. The van der Waals surface area contributed by atoms with Crippen molar-refractivity contribution in [3.63, 3.8) is 0 Å². The number of amides is 1. The van der Waals surface area contributed by atoms with Crippen LogP contribution in [0.2, 0.25) is 0 Å². The summed E-state index contributed by atoms with van der Waals surface area (Å²) in [6, 6.07) is 2.84. The number of rotatable bonds is 6. The molecular weight excluding hydrogens is 283 g/mol. The molecule has 112 valence electrons. The van der Waals surface area contributed by atoms with E-state index in [0.717, 1.165) is 31.0 Å². The van der Waals surface area contributed by atoms with Crippen LogP contribution in [-0.4, -0.2) is 20.9 Å². The zero-order valence-electron chi connectivity index (χ0n) is 11.5. The molecule has 0 saturated carbocycles. The molecule has 7 heteroatoms. The molecule has 0 spiro atoms. The van der Waals surface area contributed by atoms with Crippen LogP contribution >= 0.6 is 0 Å². The standard InChI is InChI=1S/C13H19FN2O3S/c1-3-9(4-2)8-16-13(17)10-5-11(14)7-12(6-10)20(15,18)19/h5-7,9H,3-4,8H2,1-2H3,(H,16,17)(H2,15,18,19). The van der Waals surface area contributed by atoms with Crippen molar-refractivity contribution in [3.8, 4) is 0 Å². The number of carbonyl (C=O) groups is 1. The highest BCUT2D eigenvalue weighted by Gasteiger charge is 2.15. The Morgan fingerprint density at radius 1 is 1.30 bits per heavy atom. The summed E-state index contributed by atoms with van der Waals surface area (Å²) in [4.78, 5) is 11.5. The lowest BCUT2D eigenvalue weighted by Crippen LogP contribution is -2.29. The van der Waals surface area contributed by atoms with Crippen molar-refractivity contribution < 1.29 is 17.6 Å². The third kappa shape index (κ3) is 4.57. The third-order valence-corrected chi connectivity index (χ3v) is 4.06. The van der Waals surface area contributed by atoms with Crippen molar-refractivity contribution in [2.24, 2.45) is 11.1 Å². The zero-order chi connectivity index (χ0) is 15.3. The van der Waals surface area contributed by atoms with Crippen molar-refractivity contribution in [2.45, 2.75) is 31.6 Å². The molecule has 1 aromatic carbocycles. The molecule has 1 aromatic rings. The first kappa shape index (κ1) is 16.6. The van der Waals surface area contributed by atoms with Crippen LogP contribution in [0.5, 0.6) is 0 Å². The molecular formula is C13H19FN2O3S. The lowest BCUT2D eigenvalue weighted by Gasteiger charge is -2.13. The summed E-state index contributed by atoms with van der Waals surface area (Å²) in [7, 11) is -4.04. The minimum Gasteiger partial charge on any atom is -0.352 e. The maximum absolute atomic E-state index is 13.3. The summed E-state index contributed by atoms with van der Waals surface area (Å²) in [5.74, 6) is -0.990. The van der Waals surface area contributed by atoms with Crippen molar-refractivity contribution in [1.29, 1.82) is 0 Å². The second kappa shape index (κ2) is 6.81. The highest BCUT2D eigenvalue weighted by molar-refractivity contribution is 7.89. The molecule has 0 aliphatic carbocycles. The van der Waals surface area contributed by atoms with Gasteiger partial charge in [0, 0.05) is 12.1 Å². The van der Waals surface area contributed by atoms with Gasteiger partial charge in [0.1, 0.15) is 5.82 Å². The summed E-state index contributed by atoms with van der Waals surface area (Å²) in [5, 5.41) is 7.60. The number of nitrogens with two attached hydrogens (primary N) is 1. The molecule has 5 nitrogen and oxygen atoms in total. The Kier molecular flexibility index (Phi) is 5.64. The fourth-order valence-electron chi connectivity index (χ4n) is 1.77. The van der Waals surface area contributed by atoms with Crippen LogP contribution in [0.1, 0.15) is 37.0 Å². The smallest absolute Gasteiger partial charge is 0.251 e. The van der Waals surface area contributed by atoms with E-state index in [4.69, 9.17) is 5.14 Å². The van der Waals surface area contributed by atoms with Crippen LogP contribution in [0.4, 0.5) is 4.39 Å². The Balaban J connectivity index is 2.91. The van der Waals surface area contributed by atoms with E-state index < -0.39 is 26.6 Å². The summed E-state index contributed by atoms with van der Waals surface area (Å²) in [6.45, 7) is 4.50. The molecule has 1 amide bonds. The molecule has 0 heterocycles. The fraction of sp³-hybridized carbons (Fsp3) is 0.462. The molecule has 0 atom stereocenters. The number of hydrogen-bond donors (Lipinski definition) is 2. The number of hydrogen-bond acceptors (Lipinski definition) is 3. The first-order valence-electron chi connectivity index (χ1n) is 6.39. The molecule has 0 radical (unpaired) electrons. The molecule has 20 heavy (non-hydrogen) atoms. The van der Waals surface area contributed by atoms with Gasteiger partial charge >= 0.3 is 0 Å². The predicted molar refractivity (Wildman–Crippen MR) is 74.2 cm³/mol. The first-order valence-corrected chi connectivity index (χ1v) is 7.94. The van der Waals surface area contributed by atoms with Crippen molar-refractivity contribution >= 4 is 15.9 Å². The van der Waals surface area contributed by atoms with Crippen LogP contribution in [0, 0.1) is 11.7 Å². The molecule has 1 rings (SSSR count). The van der Waals surface area contributed by atoms with Crippen LogP contribution in [0.25, 0.3) is 0 Å². The van der Waals surface area contributed by atoms with Crippen LogP contribution in [0.15, 0.2) is 23.1 Å². The Hall–Kier alpha value is -1.47. The molecule has 0 aliphatic heterocycles. The van der Waals surface area contributed by atoms with E-state index in [9.17, 15) is 17.6 Å². The van der Waals surface area contributed by atoms with Gasteiger partial charge in [-0.2, -0.15) is 0 Å². The lowest BCUT2D eigenvalue weighted by atomic mass is 10.0. The van der Waals surface area contributed by atoms with Crippen LogP contribution in [-0.2, 0) is 10.0 Å². The van der Waals surface area contributed by atoms with Crippen LogP contribution < -0.4 is 10.5 Å².